The second-order valence-corrected chi connectivity index (χ2v) is 32.1. The summed E-state index contributed by atoms with van der Waals surface area (Å²) in [6, 6.07) is 0. The minimum Gasteiger partial charge on any atom is -0.393 e. The van der Waals surface area contributed by atoms with Gasteiger partial charge in [0.25, 0.3) is 0 Å². The lowest BCUT2D eigenvalue weighted by Gasteiger charge is -2.63. The Hall–Kier alpha value is -1.12. The van der Waals surface area contributed by atoms with Gasteiger partial charge in [0.2, 0.25) is 0 Å². The third-order valence-corrected chi connectivity index (χ3v) is 25.9. The van der Waals surface area contributed by atoms with E-state index in [9.17, 15) is 62.1 Å². The molecule has 9 rings (SSSR count). The molecule has 9 aliphatic rings. The summed E-state index contributed by atoms with van der Waals surface area (Å²) >= 11 is 0. The second kappa shape index (κ2) is 20.3. The summed E-state index contributed by atoms with van der Waals surface area (Å²) in [5.74, 6) is 0.593. The molecular weight excluding hydrogens is 1060 g/mol. The van der Waals surface area contributed by atoms with Crippen LogP contribution in [-0.4, -0.2) is 98.7 Å². The zero-order valence-electron chi connectivity index (χ0n) is 45.6. The van der Waals surface area contributed by atoms with Gasteiger partial charge < -0.3 is 10.2 Å². The number of allylic oxidation sites excluding steroid dienone is 3. The van der Waals surface area contributed by atoms with Crippen molar-refractivity contribution in [3.63, 3.8) is 0 Å². The molecule has 18 nitrogen and oxygen atoms in total. The summed E-state index contributed by atoms with van der Waals surface area (Å²) in [4.78, 5) is 0. The smallest absolute Gasteiger partial charge is 0.393 e. The lowest BCUT2D eigenvalue weighted by Crippen LogP contribution is -2.62. The fraction of sp³-hybridized carbons (Fsp3) is 0.926. The predicted octanol–water partition coefficient (Wildman–Crippen LogP) is 9.04. The third kappa shape index (κ3) is 11.1. The van der Waals surface area contributed by atoms with E-state index in [1.54, 1.807) is 0 Å². The minimum atomic E-state index is -5.15. The number of hydrogen-bond acceptors (Lipinski definition) is 14. The maximum atomic E-state index is 12.5. The van der Waals surface area contributed by atoms with Crippen LogP contribution in [0.4, 0.5) is 0 Å². The van der Waals surface area contributed by atoms with Gasteiger partial charge in [0.15, 0.2) is 0 Å². The van der Waals surface area contributed by atoms with Gasteiger partial charge in [-0.15, -0.1) is 0 Å². The van der Waals surface area contributed by atoms with E-state index in [1.165, 1.54) is 0 Å². The van der Waals surface area contributed by atoms with Crippen LogP contribution in [0.2, 0.25) is 0 Å². The average Bonchev–Trinajstić information content (AvgIpc) is 3.88. The molecule has 1 unspecified atom stereocenters. The zero-order valence-corrected chi connectivity index (χ0v) is 48.9. The van der Waals surface area contributed by atoms with Crippen LogP contribution in [-0.2, 0) is 58.3 Å². The Morgan fingerprint density at radius 2 is 1.01 bits per heavy atom. The standard InChI is InChI=1S/C54H88O18S4/c1-29(36-12-14-39-34-24-46(69-73(57,58)59)43-22-32(55)16-19-53(43,8)41(34)17-20-51(36,39)6)10-11-38-33(30(2)27-50(38,4)5)23-45(56)31(3)37-13-15-40-35-25-47(70-74(60,61)62)44-26-48(71-75(63,64)65)49(72-76(66,67)68)28-54(44,9)42(35)18-21-52(37,40)7/h10-11,29,31-49,55-56H,2,12-28H2,1,3-9H3,(H,57,58,59)(H,60,61,62)(H,63,64,65)(H,66,67,68)/b11-10-/t29-,31+,32+,33+,34+,35+,36-,37-,38+,39+,40+,41+,42+,43-,44-,45?,46+,47+,48+,49+,51-,52-,53-,54-/m1/s1. The fourth-order valence-corrected chi connectivity index (χ4v) is 22.9. The molecule has 22 heteroatoms. The average molecular weight is 1150 g/mol. The summed E-state index contributed by atoms with van der Waals surface area (Å²) in [7, 11) is -20.0. The highest BCUT2D eigenvalue weighted by molar-refractivity contribution is 7.81. The van der Waals surface area contributed by atoms with Crippen LogP contribution < -0.4 is 0 Å². The van der Waals surface area contributed by atoms with Crippen LogP contribution in [0.5, 0.6) is 0 Å². The Kier molecular flexibility index (Phi) is 15.9. The molecular formula is C54H88O18S4. The van der Waals surface area contributed by atoms with Gasteiger partial charge in [0.05, 0.1) is 24.4 Å². The van der Waals surface area contributed by atoms with E-state index >= 15 is 0 Å². The van der Waals surface area contributed by atoms with Crippen LogP contribution in [0.15, 0.2) is 24.3 Å². The van der Waals surface area contributed by atoms with Crippen molar-refractivity contribution in [3.05, 3.63) is 24.3 Å². The minimum absolute atomic E-state index is 0.0272. The molecule has 436 valence electrons. The van der Waals surface area contributed by atoms with Gasteiger partial charge in [-0.05, 0) is 219 Å². The van der Waals surface area contributed by atoms with E-state index in [-0.39, 0.29) is 100 Å². The largest absolute Gasteiger partial charge is 0.397 e. The second-order valence-electron chi connectivity index (χ2n) is 27.9. The van der Waals surface area contributed by atoms with Gasteiger partial charge in [-0.25, -0.2) is 16.7 Å². The highest BCUT2D eigenvalue weighted by Gasteiger charge is 2.67. The molecule has 0 heterocycles. The van der Waals surface area contributed by atoms with E-state index in [4.69, 9.17) is 16.7 Å². The first-order chi connectivity index (χ1) is 34.9. The normalized spacial score (nSPS) is 47.7. The Balaban J connectivity index is 0.898. The van der Waals surface area contributed by atoms with Gasteiger partial charge in [-0.1, -0.05) is 79.7 Å². The number of hydrogen-bond donors (Lipinski definition) is 6. The maximum absolute atomic E-state index is 12.5. The Morgan fingerprint density at radius 1 is 0.566 bits per heavy atom. The van der Waals surface area contributed by atoms with Crippen LogP contribution in [0.3, 0.4) is 0 Å². The van der Waals surface area contributed by atoms with Crippen LogP contribution in [0, 0.1) is 110 Å². The third-order valence-electron chi connectivity index (χ3n) is 23.9. The molecule has 0 amide bonds. The van der Waals surface area contributed by atoms with Crippen molar-refractivity contribution in [2.75, 3.05) is 0 Å². The number of aliphatic hydroxyl groups excluding tert-OH is 2. The summed E-state index contributed by atoms with van der Waals surface area (Å²) in [5, 5.41) is 23.2. The monoisotopic (exact) mass is 1150 g/mol. The van der Waals surface area contributed by atoms with Gasteiger partial charge in [-0.3, -0.25) is 18.2 Å². The van der Waals surface area contributed by atoms with Crippen molar-refractivity contribution in [3.8, 4) is 0 Å². The first kappa shape index (κ1) is 59.5. The van der Waals surface area contributed by atoms with Crippen molar-refractivity contribution >= 4 is 41.6 Å². The van der Waals surface area contributed by atoms with Crippen molar-refractivity contribution in [1.82, 2.24) is 0 Å². The molecule has 76 heavy (non-hydrogen) atoms. The molecule has 9 fully saturated rings. The van der Waals surface area contributed by atoms with Crippen LogP contribution >= 0.6 is 0 Å². The number of rotatable bonds is 15. The molecule has 0 spiro atoms. The van der Waals surface area contributed by atoms with E-state index in [0.29, 0.717) is 49.9 Å². The molecule has 0 saturated heterocycles. The van der Waals surface area contributed by atoms with Crippen LogP contribution in [0.1, 0.15) is 165 Å². The molecule has 0 bridgehead atoms. The number of fused-ring (bicyclic) bond motifs is 10. The lowest BCUT2D eigenvalue weighted by atomic mass is 9.43. The first-order valence-corrected chi connectivity index (χ1v) is 33.7. The highest BCUT2D eigenvalue weighted by atomic mass is 32.3. The molecule has 9 aliphatic carbocycles. The van der Waals surface area contributed by atoms with Crippen molar-refractivity contribution in [2.45, 2.75) is 201 Å². The molecule has 0 aliphatic heterocycles. The summed E-state index contributed by atoms with van der Waals surface area (Å²) < 4.78 is 157. The topological polar surface area (TPSA) is 295 Å². The molecule has 0 aromatic heterocycles. The van der Waals surface area contributed by atoms with Crippen molar-refractivity contribution < 1.29 is 78.8 Å². The molecule has 0 radical (unpaired) electrons. The molecule has 0 aromatic carbocycles. The maximum Gasteiger partial charge on any atom is 0.397 e. The molecule has 0 aromatic rings. The molecule has 9 saturated carbocycles. The Labute approximate surface area is 453 Å². The van der Waals surface area contributed by atoms with E-state index < -0.39 is 89.6 Å². The highest BCUT2D eigenvalue weighted by Crippen LogP contribution is 2.71. The van der Waals surface area contributed by atoms with E-state index in [1.807, 2.05) is 6.92 Å². The summed E-state index contributed by atoms with van der Waals surface area (Å²) in [5.41, 5.74) is -0.379. The lowest BCUT2D eigenvalue weighted by molar-refractivity contribution is -0.185. The zero-order chi connectivity index (χ0) is 55.9. The Bertz CT molecular complexity index is 2700. The van der Waals surface area contributed by atoms with Crippen LogP contribution in [0.25, 0.3) is 0 Å². The van der Waals surface area contributed by atoms with E-state index in [0.717, 1.165) is 63.4 Å². The SMILES string of the molecule is C=C1CC(C)(C)[C@@H](/C=C\[C@@H](C)[C@H]2CC[C@H]3[C@@H]4C[C@H](OS(=O)(=O)O)[C@H]5C[C@@H](O)CC[C@]5(C)[C@H]4CC[C@]23C)[C@H]1CC(O)[C@@H](C)[C@H]1CC[C@H]2[C@@H]3C[C@H](OS(=O)(=O)O)[C@H]4C[C@H](OS(=O)(=O)O)[C@@H](OS(=O)(=O)O)C[C@]4(C)[C@H]3CC[C@]12C. The molecule has 6 N–H and O–H groups in total. The van der Waals surface area contributed by atoms with Gasteiger partial charge in [0, 0.05) is 0 Å². The molecule has 24 atom stereocenters. The Morgan fingerprint density at radius 3 is 1.55 bits per heavy atom. The van der Waals surface area contributed by atoms with Gasteiger partial charge in [-0.2, -0.15) is 33.7 Å². The quantitative estimate of drug-likeness (QED) is 0.0658. The van der Waals surface area contributed by atoms with Gasteiger partial charge in [0.1, 0.15) is 12.2 Å². The van der Waals surface area contributed by atoms with Gasteiger partial charge >= 0.3 is 41.6 Å². The fourth-order valence-electron chi connectivity index (χ4n) is 20.9. The first-order valence-electron chi connectivity index (χ1n) is 28.2. The summed E-state index contributed by atoms with van der Waals surface area (Å²) in [6.07, 6.45) is 9.43. The number of aliphatic hydroxyl groups is 2. The summed E-state index contributed by atoms with van der Waals surface area (Å²) in [6.45, 7) is 22.5. The predicted molar refractivity (Wildman–Crippen MR) is 281 cm³/mol. The van der Waals surface area contributed by atoms with E-state index in [2.05, 4.69) is 67.2 Å². The van der Waals surface area contributed by atoms with Crippen molar-refractivity contribution in [2.24, 2.45) is 110 Å². The van der Waals surface area contributed by atoms with Crippen molar-refractivity contribution in [1.29, 1.82) is 0 Å².